The van der Waals surface area contributed by atoms with Gasteiger partial charge in [-0.3, -0.25) is 23.9 Å². The molecule has 3 heterocycles. The van der Waals surface area contributed by atoms with Crippen LogP contribution in [0.25, 0.3) is 16.7 Å². The van der Waals surface area contributed by atoms with E-state index in [1.165, 1.54) is 17.2 Å². The number of hydrogen-bond donors (Lipinski definition) is 1. The summed E-state index contributed by atoms with van der Waals surface area (Å²) in [5.74, 6) is -0.356. The molecular weight excluding hydrogens is 524 g/mol. The van der Waals surface area contributed by atoms with Crippen molar-refractivity contribution in [3.05, 3.63) is 86.8 Å². The first-order valence-corrected chi connectivity index (χ1v) is 13.7. The summed E-state index contributed by atoms with van der Waals surface area (Å²) in [5.41, 5.74) is 4.33. The smallest absolute Gasteiger partial charge is 0.333 e. The number of pyridine rings is 2. The molecule has 4 aromatic rings. The topological polar surface area (TPSA) is 81.8 Å². The average molecular weight is 552 g/mol. The molecule has 0 spiro atoms. The molecule has 3 aromatic heterocycles. The predicted octanol–water partition coefficient (Wildman–Crippen LogP) is 5.65. The van der Waals surface area contributed by atoms with Crippen molar-refractivity contribution < 1.29 is 13.6 Å². The molecule has 202 valence electrons. The largest absolute Gasteiger partial charge is 0.349 e. The molecule has 6 rings (SSSR count). The molecule has 0 bridgehead atoms. The maximum absolute atomic E-state index is 13.8. The number of amides is 1. The van der Waals surface area contributed by atoms with Crippen LogP contribution < -0.4 is 11.0 Å². The second-order valence-corrected chi connectivity index (χ2v) is 10.9. The molecule has 0 atom stereocenters. The van der Waals surface area contributed by atoms with Crippen molar-refractivity contribution in [3.63, 3.8) is 0 Å². The van der Waals surface area contributed by atoms with Crippen LogP contribution in [0.4, 0.5) is 8.78 Å². The molecule has 2 aliphatic carbocycles. The number of aromatic nitrogens is 4. The Bertz CT molecular complexity index is 1610. The van der Waals surface area contributed by atoms with Gasteiger partial charge in [0.1, 0.15) is 5.69 Å². The van der Waals surface area contributed by atoms with Crippen molar-refractivity contribution in [2.45, 2.75) is 64.0 Å². The van der Waals surface area contributed by atoms with Gasteiger partial charge in [0.2, 0.25) is 0 Å². The third-order valence-corrected chi connectivity index (χ3v) is 8.26. The number of carbonyl (C=O) groups is 1. The number of hydrogen-bond acceptors (Lipinski definition) is 4. The van der Waals surface area contributed by atoms with Gasteiger partial charge in [0, 0.05) is 25.0 Å². The standard InChI is InChI=1S/C29H28ClF2N5O2/c30-19-13-22(26(27(31)32)34-14-19)28(38)35-20-9-7-17(8-10-20)16-36-25-15-33-12-11-24(25)37(29(36)39)23-6-2-4-18-3-1-5-21(18)23/h2,4,6,11-15,17,20,27H,1,3,5,7-10,16H2,(H,35,38). The van der Waals surface area contributed by atoms with E-state index < -0.39 is 18.0 Å². The Morgan fingerprint density at radius 1 is 1.10 bits per heavy atom. The van der Waals surface area contributed by atoms with Crippen molar-refractivity contribution >= 4 is 28.5 Å². The zero-order chi connectivity index (χ0) is 27.1. The molecule has 2 aliphatic rings. The first kappa shape index (κ1) is 25.7. The number of benzene rings is 1. The van der Waals surface area contributed by atoms with Gasteiger partial charge in [-0.05, 0) is 80.2 Å². The second kappa shape index (κ2) is 10.5. The lowest BCUT2D eigenvalue weighted by molar-refractivity contribution is 0.0904. The van der Waals surface area contributed by atoms with Crippen LogP contribution in [-0.4, -0.2) is 31.1 Å². The minimum Gasteiger partial charge on any atom is -0.349 e. The first-order chi connectivity index (χ1) is 18.9. The molecule has 1 amide bonds. The Balaban J connectivity index is 1.19. The monoisotopic (exact) mass is 551 g/mol. The van der Waals surface area contributed by atoms with Crippen LogP contribution in [-0.2, 0) is 19.4 Å². The highest BCUT2D eigenvalue weighted by molar-refractivity contribution is 6.30. The number of halogens is 3. The Morgan fingerprint density at radius 2 is 1.92 bits per heavy atom. The summed E-state index contributed by atoms with van der Waals surface area (Å²) in [6.45, 7) is 0.553. The highest BCUT2D eigenvalue weighted by Gasteiger charge is 2.28. The molecule has 1 fully saturated rings. The fraction of sp³-hybridized carbons (Fsp3) is 0.379. The minimum atomic E-state index is -2.87. The number of aryl methyl sites for hydroxylation is 1. The van der Waals surface area contributed by atoms with Crippen LogP contribution in [0.1, 0.15) is 65.7 Å². The number of fused-ring (bicyclic) bond motifs is 2. The second-order valence-electron chi connectivity index (χ2n) is 10.4. The van der Waals surface area contributed by atoms with Crippen molar-refractivity contribution in [2.24, 2.45) is 5.92 Å². The number of nitrogens with one attached hydrogen (secondary N) is 1. The van der Waals surface area contributed by atoms with Gasteiger partial charge in [0.15, 0.2) is 0 Å². The van der Waals surface area contributed by atoms with E-state index in [1.54, 1.807) is 12.4 Å². The van der Waals surface area contributed by atoms with E-state index in [-0.39, 0.29) is 28.2 Å². The molecule has 39 heavy (non-hydrogen) atoms. The number of nitrogens with zero attached hydrogens (tertiary/aromatic N) is 4. The molecule has 0 saturated heterocycles. The highest BCUT2D eigenvalue weighted by Crippen LogP contribution is 2.31. The van der Waals surface area contributed by atoms with Crippen LogP contribution in [0.5, 0.6) is 0 Å². The minimum absolute atomic E-state index is 0.0679. The van der Waals surface area contributed by atoms with Crippen molar-refractivity contribution in [2.75, 3.05) is 0 Å². The molecule has 10 heteroatoms. The summed E-state index contributed by atoms with van der Waals surface area (Å²) in [5, 5.41) is 3.01. The van der Waals surface area contributed by atoms with E-state index in [4.69, 9.17) is 11.6 Å². The van der Waals surface area contributed by atoms with Crippen molar-refractivity contribution in [3.8, 4) is 5.69 Å². The van der Waals surface area contributed by atoms with Gasteiger partial charge >= 0.3 is 5.69 Å². The van der Waals surface area contributed by atoms with Crippen LogP contribution in [0, 0.1) is 5.92 Å². The van der Waals surface area contributed by atoms with Crippen molar-refractivity contribution in [1.29, 1.82) is 0 Å². The average Bonchev–Trinajstić information content (AvgIpc) is 3.52. The summed E-state index contributed by atoms with van der Waals surface area (Å²) in [7, 11) is 0. The molecule has 7 nitrogen and oxygen atoms in total. The lowest BCUT2D eigenvalue weighted by Gasteiger charge is -2.29. The molecule has 0 aliphatic heterocycles. The molecular formula is C29H28ClF2N5O2. The Kier molecular flexibility index (Phi) is 6.93. The predicted molar refractivity (Wildman–Crippen MR) is 145 cm³/mol. The number of imidazole rings is 1. The lowest BCUT2D eigenvalue weighted by Crippen LogP contribution is -2.39. The van der Waals surface area contributed by atoms with Crippen molar-refractivity contribution in [1.82, 2.24) is 24.4 Å². The molecule has 1 saturated carbocycles. The van der Waals surface area contributed by atoms with Gasteiger partial charge in [-0.1, -0.05) is 23.7 Å². The molecule has 0 radical (unpaired) electrons. The third-order valence-electron chi connectivity index (χ3n) is 8.05. The molecule has 1 N–H and O–H groups in total. The first-order valence-electron chi connectivity index (χ1n) is 13.3. The van der Waals surface area contributed by atoms with Crippen LogP contribution >= 0.6 is 11.6 Å². The van der Waals surface area contributed by atoms with Gasteiger partial charge < -0.3 is 5.32 Å². The third kappa shape index (κ3) is 4.84. The maximum Gasteiger partial charge on any atom is 0.333 e. The van der Waals surface area contributed by atoms with Crippen LogP contribution in [0.3, 0.4) is 0 Å². The number of rotatable bonds is 6. The van der Waals surface area contributed by atoms with E-state index in [1.807, 2.05) is 27.3 Å². The normalized spacial score (nSPS) is 19.0. The van der Waals surface area contributed by atoms with Gasteiger partial charge in [0.05, 0.1) is 33.5 Å². The molecule has 1 aromatic carbocycles. The zero-order valence-electron chi connectivity index (χ0n) is 21.2. The SMILES string of the molecule is O=C(NC1CCC(Cn2c(=O)n(-c3cccc4c3CCC4)c3ccncc32)CC1)c1cc(Cl)cnc1C(F)F. The van der Waals surface area contributed by atoms with E-state index in [0.717, 1.165) is 55.0 Å². The van der Waals surface area contributed by atoms with Gasteiger partial charge in [-0.25, -0.2) is 13.6 Å². The van der Waals surface area contributed by atoms with E-state index in [9.17, 15) is 18.4 Å². The summed E-state index contributed by atoms with van der Waals surface area (Å²) < 4.78 is 30.4. The van der Waals surface area contributed by atoms with E-state index in [2.05, 4.69) is 21.4 Å². The fourth-order valence-corrected chi connectivity index (χ4v) is 6.30. The Labute approximate surface area is 228 Å². The lowest BCUT2D eigenvalue weighted by atomic mass is 9.85. The molecule has 0 unspecified atom stereocenters. The van der Waals surface area contributed by atoms with Gasteiger partial charge in [-0.2, -0.15) is 0 Å². The highest BCUT2D eigenvalue weighted by atomic mass is 35.5. The van der Waals surface area contributed by atoms with Crippen LogP contribution in [0.2, 0.25) is 5.02 Å². The quantitative estimate of drug-likeness (QED) is 0.336. The summed E-state index contributed by atoms with van der Waals surface area (Å²) in [4.78, 5) is 34.5. The summed E-state index contributed by atoms with van der Waals surface area (Å²) in [6.07, 6.45) is 7.77. The maximum atomic E-state index is 13.8. The number of carbonyl (C=O) groups excluding carboxylic acids is 1. The Morgan fingerprint density at radius 3 is 2.72 bits per heavy atom. The number of alkyl halides is 2. The fourth-order valence-electron chi connectivity index (χ4n) is 6.14. The summed E-state index contributed by atoms with van der Waals surface area (Å²) in [6, 6.07) is 9.17. The zero-order valence-corrected chi connectivity index (χ0v) is 22.0. The summed E-state index contributed by atoms with van der Waals surface area (Å²) >= 11 is 5.91. The van der Waals surface area contributed by atoms with Gasteiger partial charge in [-0.15, -0.1) is 0 Å². The van der Waals surface area contributed by atoms with Gasteiger partial charge in [0.25, 0.3) is 12.3 Å². The van der Waals surface area contributed by atoms with E-state index in [0.29, 0.717) is 19.4 Å². The van der Waals surface area contributed by atoms with Crippen LogP contribution in [0.15, 0.2) is 53.7 Å². The Hall–Kier alpha value is -3.59. The van der Waals surface area contributed by atoms with E-state index >= 15 is 0 Å².